The van der Waals surface area contributed by atoms with Gasteiger partial charge in [-0.1, -0.05) is 19.9 Å². The Balaban J connectivity index is 1.37. The minimum absolute atomic E-state index is 0.0872. The fraction of sp³-hybridized carbons (Fsp3) is 0.833. The number of hydrogen-bond donors (Lipinski definition) is 2. The minimum Gasteiger partial charge on any atom is -0.314 e. The van der Waals surface area contributed by atoms with E-state index in [4.69, 9.17) is 4.84 Å². The molecule has 1 aliphatic heterocycles. The molecule has 29 heavy (non-hydrogen) atoms. The second-order valence-electron chi connectivity index (χ2n) is 10.9. The van der Waals surface area contributed by atoms with Gasteiger partial charge in [0.15, 0.2) is 0 Å². The van der Waals surface area contributed by atoms with E-state index in [1.165, 1.54) is 12.0 Å². The van der Waals surface area contributed by atoms with Crippen LogP contribution in [0.15, 0.2) is 11.8 Å². The summed E-state index contributed by atoms with van der Waals surface area (Å²) in [4.78, 5) is 30.8. The maximum atomic E-state index is 12.7. The quantitative estimate of drug-likeness (QED) is 0.559. The van der Waals surface area contributed by atoms with Crippen LogP contribution in [0.5, 0.6) is 0 Å². The Labute approximate surface area is 174 Å². The summed E-state index contributed by atoms with van der Waals surface area (Å²) < 4.78 is 0. The number of allylic oxidation sites excluding steroid dienone is 2. The van der Waals surface area contributed by atoms with Crippen molar-refractivity contribution < 1.29 is 14.4 Å². The third-order valence-electron chi connectivity index (χ3n) is 9.64. The zero-order valence-corrected chi connectivity index (χ0v) is 17.9. The van der Waals surface area contributed by atoms with Crippen LogP contribution in [-0.4, -0.2) is 31.3 Å². The monoisotopic (exact) mass is 400 g/mol. The summed E-state index contributed by atoms with van der Waals surface area (Å²) >= 11 is 0. The van der Waals surface area contributed by atoms with E-state index in [0.29, 0.717) is 29.5 Å². The molecule has 5 aliphatic rings. The molecule has 5 rings (SSSR count). The molecule has 160 valence electrons. The maximum absolute atomic E-state index is 12.7. The first kappa shape index (κ1) is 19.7. The molecular formula is C24H36N2O3. The molecule has 0 spiro atoms. The van der Waals surface area contributed by atoms with E-state index in [1.807, 2.05) is 0 Å². The summed E-state index contributed by atoms with van der Waals surface area (Å²) in [7, 11) is 0. The molecule has 1 saturated heterocycles. The zero-order chi connectivity index (χ0) is 20.2. The predicted molar refractivity (Wildman–Crippen MR) is 111 cm³/mol. The highest BCUT2D eigenvalue weighted by Gasteiger charge is 2.62. The number of hydrogen-bond acceptors (Lipinski definition) is 5. The van der Waals surface area contributed by atoms with E-state index in [1.54, 1.807) is 0 Å². The largest absolute Gasteiger partial charge is 0.314 e. The third-order valence-corrected chi connectivity index (χ3v) is 9.64. The number of ketones is 1. The van der Waals surface area contributed by atoms with Gasteiger partial charge in [0, 0.05) is 30.0 Å². The van der Waals surface area contributed by atoms with Gasteiger partial charge >= 0.3 is 0 Å². The molecule has 4 fully saturated rings. The molecule has 0 amide bonds. The summed E-state index contributed by atoms with van der Waals surface area (Å²) in [5.74, 6) is 2.31. The van der Waals surface area contributed by atoms with Crippen molar-refractivity contribution in [3.63, 3.8) is 0 Å². The number of carbonyl (C=O) groups is 2. The number of aldehydes is 1. The van der Waals surface area contributed by atoms with Crippen molar-refractivity contribution in [2.75, 3.05) is 13.1 Å². The van der Waals surface area contributed by atoms with Crippen LogP contribution in [0.3, 0.4) is 0 Å². The van der Waals surface area contributed by atoms with E-state index >= 15 is 0 Å². The fourth-order valence-corrected chi connectivity index (χ4v) is 7.81. The van der Waals surface area contributed by atoms with E-state index in [9.17, 15) is 9.59 Å². The number of nitrogens with one attached hydrogen (secondary N) is 2. The topological polar surface area (TPSA) is 67.4 Å². The molecule has 0 aromatic carbocycles. The molecule has 0 aromatic rings. The zero-order valence-electron chi connectivity index (χ0n) is 17.9. The number of carbonyl (C=O) groups excluding carboxylic acids is 2. The molecule has 0 radical (unpaired) electrons. The number of fused-ring (bicyclic) bond motifs is 5. The summed E-state index contributed by atoms with van der Waals surface area (Å²) in [6.07, 6.45) is 11.8. The molecule has 2 unspecified atom stereocenters. The van der Waals surface area contributed by atoms with Gasteiger partial charge in [-0.05, 0) is 80.6 Å². The standard InChI is InChI=1S/C24H36N2O3/c1-23-8-5-17(26-29-18-7-10-25-13-18)12-16(23)11-15(14-27)22-19-3-4-21(28)24(19,2)9-6-20(22)23/h12,14-16,18-20,22,25-26H,3-11,13H2,1-2H3/t15?,16?,18-,19-,20-,22-,23-,24-/m0/s1. The van der Waals surface area contributed by atoms with Crippen molar-refractivity contribution in [3.05, 3.63) is 11.8 Å². The van der Waals surface area contributed by atoms with E-state index < -0.39 is 0 Å². The Morgan fingerprint density at radius 3 is 2.79 bits per heavy atom. The van der Waals surface area contributed by atoms with Crippen LogP contribution >= 0.6 is 0 Å². The van der Waals surface area contributed by atoms with Crippen molar-refractivity contribution in [1.29, 1.82) is 0 Å². The summed E-state index contributed by atoms with van der Waals surface area (Å²) in [6, 6.07) is 0. The van der Waals surface area contributed by atoms with Crippen LogP contribution in [0, 0.1) is 40.4 Å². The molecule has 0 aromatic heterocycles. The highest BCUT2D eigenvalue weighted by atomic mass is 16.7. The number of rotatable bonds is 4. The van der Waals surface area contributed by atoms with E-state index in [0.717, 1.165) is 64.5 Å². The third kappa shape index (κ3) is 3.03. The van der Waals surface area contributed by atoms with Gasteiger partial charge in [0.05, 0.1) is 6.10 Å². The van der Waals surface area contributed by atoms with Crippen LogP contribution in [0.25, 0.3) is 0 Å². The van der Waals surface area contributed by atoms with Gasteiger partial charge in [0.2, 0.25) is 0 Å². The highest BCUT2D eigenvalue weighted by molar-refractivity contribution is 5.87. The van der Waals surface area contributed by atoms with Gasteiger partial charge < -0.3 is 10.1 Å². The summed E-state index contributed by atoms with van der Waals surface area (Å²) in [6.45, 7) is 6.60. The van der Waals surface area contributed by atoms with Crippen LogP contribution in [0.2, 0.25) is 0 Å². The Bertz CT molecular complexity index is 715. The van der Waals surface area contributed by atoms with Gasteiger partial charge in [-0.15, -0.1) is 0 Å². The molecule has 3 saturated carbocycles. The normalized spacial score (nSPS) is 49.0. The lowest BCUT2D eigenvalue weighted by Gasteiger charge is -2.60. The lowest BCUT2D eigenvalue weighted by Crippen LogP contribution is -2.56. The van der Waals surface area contributed by atoms with E-state index in [2.05, 4.69) is 30.7 Å². The number of hydroxylamine groups is 1. The molecule has 5 nitrogen and oxygen atoms in total. The van der Waals surface area contributed by atoms with Crippen LogP contribution in [0.4, 0.5) is 0 Å². The van der Waals surface area contributed by atoms with Gasteiger partial charge in [-0.3, -0.25) is 15.1 Å². The molecule has 2 N–H and O–H groups in total. The van der Waals surface area contributed by atoms with Crippen molar-refractivity contribution in [3.8, 4) is 0 Å². The number of Topliss-reactive ketones (excluding diaryl/α,β-unsaturated/α-hetero) is 1. The van der Waals surface area contributed by atoms with Gasteiger partial charge in [0.1, 0.15) is 12.1 Å². The first-order valence-corrected chi connectivity index (χ1v) is 11.8. The highest BCUT2D eigenvalue weighted by Crippen LogP contribution is 2.66. The van der Waals surface area contributed by atoms with E-state index in [-0.39, 0.29) is 22.9 Å². The predicted octanol–water partition coefficient (Wildman–Crippen LogP) is 3.40. The van der Waals surface area contributed by atoms with Crippen molar-refractivity contribution in [1.82, 2.24) is 10.8 Å². The van der Waals surface area contributed by atoms with Crippen molar-refractivity contribution in [2.24, 2.45) is 40.4 Å². The second-order valence-corrected chi connectivity index (χ2v) is 10.9. The maximum Gasteiger partial charge on any atom is 0.139 e. The molecule has 1 heterocycles. The van der Waals surface area contributed by atoms with Crippen LogP contribution < -0.4 is 10.8 Å². The molecule has 0 bridgehead atoms. The van der Waals surface area contributed by atoms with Crippen molar-refractivity contribution >= 4 is 12.1 Å². The summed E-state index contributed by atoms with van der Waals surface area (Å²) in [5.41, 5.74) is 4.51. The van der Waals surface area contributed by atoms with Crippen molar-refractivity contribution in [2.45, 2.75) is 71.3 Å². The fourth-order valence-electron chi connectivity index (χ4n) is 7.81. The van der Waals surface area contributed by atoms with Crippen LogP contribution in [0.1, 0.15) is 65.2 Å². The second kappa shape index (κ2) is 7.19. The Morgan fingerprint density at radius 2 is 2.03 bits per heavy atom. The van der Waals surface area contributed by atoms with Crippen LogP contribution in [-0.2, 0) is 14.4 Å². The average molecular weight is 401 g/mol. The Kier molecular flexibility index (Phi) is 4.90. The lowest BCUT2D eigenvalue weighted by molar-refractivity contribution is -0.146. The molecule has 4 aliphatic carbocycles. The summed E-state index contributed by atoms with van der Waals surface area (Å²) in [5, 5.41) is 3.33. The minimum atomic E-state index is -0.175. The lowest BCUT2D eigenvalue weighted by atomic mass is 9.44. The SMILES string of the molecule is C[C@]12CCC(NO[C@H]3CCNC3)=CC1CC(C=O)[C@@H]1[C@@H]2CC[C@]2(C)C(=O)CC[C@@H]12. The smallest absolute Gasteiger partial charge is 0.139 e. The molecule has 5 heteroatoms. The molecule has 8 atom stereocenters. The Morgan fingerprint density at radius 1 is 1.17 bits per heavy atom. The first-order chi connectivity index (χ1) is 14.0. The van der Waals surface area contributed by atoms with Gasteiger partial charge in [0.25, 0.3) is 0 Å². The first-order valence-electron chi connectivity index (χ1n) is 11.8. The van der Waals surface area contributed by atoms with Gasteiger partial charge in [-0.25, -0.2) is 0 Å². The Hall–Kier alpha value is -1.20. The molecular weight excluding hydrogens is 364 g/mol. The van der Waals surface area contributed by atoms with Gasteiger partial charge in [-0.2, -0.15) is 0 Å². The average Bonchev–Trinajstić information content (AvgIpc) is 3.34.